The van der Waals surface area contributed by atoms with Crippen LogP contribution in [0.2, 0.25) is 0 Å². The summed E-state index contributed by atoms with van der Waals surface area (Å²) in [5, 5.41) is 2.80. The third kappa shape index (κ3) is 8.00. The SMILES string of the molecule is Cc1ccccc1S(=O)(=O)NC(=O)CCCn1c(COc2ccc3ccccc3c2)c(C(=O)c2ccccc2)c2cc(OCc3ccccc3)ccc21. The molecular weight excluding hydrogens is 685 g/mol. The number of benzene rings is 6. The fourth-order valence-corrected chi connectivity index (χ4v) is 7.79. The molecule has 0 aliphatic rings. The molecule has 1 heterocycles. The molecule has 0 radical (unpaired) electrons. The Kier molecular flexibility index (Phi) is 10.4. The second-order valence-corrected chi connectivity index (χ2v) is 14.5. The zero-order chi connectivity index (χ0) is 36.8. The number of rotatable bonds is 14. The molecular formula is C44H38N2O6S. The largest absolute Gasteiger partial charge is 0.489 e. The molecule has 0 spiro atoms. The lowest BCUT2D eigenvalue weighted by molar-refractivity contribution is -0.119. The number of ether oxygens (including phenoxy) is 2. The Morgan fingerprint density at radius 2 is 1.32 bits per heavy atom. The molecule has 8 nitrogen and oxygen atoms in total. The summed E-state index contributed by atoms with van der Waals surface area (Å²) in [6.45, 7) is 2.42. The van der Waals surface area contributed by atoms with E-state index in [1.807, 2.05) is 114 Å². The van der Waals surface area contributed by atoms with Gasteiger partial charge in [0.25, 0.3) is 10.0 Å². The van der Waals surface area contributed by atoms with Gasteiger partial charge in [-0.05, 0) is 71.6 Å². The molecule has 1 aromatic heterocycles. The Hall–Kier alpha value is -6.19. The van der Waals surface area contributed by atoms with Crippen LogP contribution in [0.15, 0.2) is 150 Å². The van der Waals surface area contributed by atoms with Crippen molar-refractivity contribution in [1.29, 1.82) is 0 Å². The third-order valence-corrected chi connectivity index (χ3v) is 10.7. The number of hydrogen-bond donors (Lipinski definition) is 1. The number of sulfonamides is 1. The summed E-state index contributed by atoms with van der Waals surface area (Å²) < 4.78 is 42.9. The van der Waals surface area contributed by atoms with E-state index in [9.17, 15) is 18.0 Å². The van der Waals surface area contributed by atoms with E-state index < -0.39 is 15.9 Å². The molecule has 266 valence electrons. The first-order chi connectivity index (χ1) is 25.8. The molecule has 0 unspecified atom stereocenters. The molecule has 0 saturated carbocycles. The second kappa shape index (κ2) is 15.6. The van der Waals surface area contributed by atoms with Crippen molar-refractivity contribution in [3.05, 3.63) is 174 Å². The summed E-state index contributed by atoms with van der Waals surface area (Å²) in [4.78, 5) is 27.5. The van der Waals surface area contributed by atoms with E-state index in [0.29, 0.717) is 58.8 Å². The number of aromatic nitrogens is 1. The molecule has 9 heteroatoms. The lowest BCUT2D eigenvalue weighted by Crippen LogP contribution is -2.31. The minimum absolute atomic E-state index is 0.0595. The molecule has 0 atom stereocenters. The Balaban J connectivity index is 1.24. The van der Waals surface area contributed by atoms with Crippen LogP contribution in [0.5, 0.6) is 11.5 Å². The van der Waals surface area contributed by atoms with Crippen LogP contribution < -0.4 is 14.2 Å². The van der Waals surface area contributed by atoms with Crippen LogP contribution in [0.25, 0.3) is 21.7 Å². The van der Waals surface area contributed by atoms with Gasteiger partial charge >= 0.3 is 0 Å². The predicted octanol–water partition coefficient (Wildman–Crippen LogP) is 8.78. The Morgan fingerprint density at radius 3 is 2.09 bits per heavy atom. The van der Waals surface area contributed by atoms with E-state index in [4.69, 9.17) is 9.47 Å². The van der Waals surface area contributed by atoms with Crippen molar-refractivity contribution in [1.82, 2.24) is 9.29 Å². The summed E-state index contributed by atoms with van der Waals surface area (Å²) in [6, 6.07) is 45.0. The van der Waals surface area contributed by atoms with Crippen LogP contribution in [0.4, 0.5) is 0 Å². The molecule has 53 heavy (non-hydrogen) atoms. The fourth-order valence-electron chi connectivity index (χ4n) is 6.53. The summed E-state index contributed by atoms with van der Waals surface area (Å²) in [5.41, 5.74) is 3.96. The Morgan fingerprint density at radius 1 is 0.679 bits per heavy atom. The van der Waals surface area contributed by atoms with E-state index in [1.54, 1.807) is 37.3 Å². The lowest BCUT2D eigenvalue weighted by Gasteiger charge is -2.14. The highest BCUT2D eigenvalue weighted by molar-refractivity contribution is 7.90. The zero-order valence-electron chi connectivity index (χ0n) is 29.2. The maximum Gasteiger partial charge on any atom is 0.264 e. The van der Waals surface area contributed by atoms with Gasteiger partial charge in [-0.25, -0.2) is 13.1 Å². The fraction of sp³-hybridized carbons (Fsp3) is 0.136. The van der Waals surface area contributed by atoms with Crippen LogP contribution in [0.1, 0.15) is 45.6 Å². The highest BCUT2D eigenvalue weighted by Crippen LogP contribution is 2.34. The van der Waals surface area contributed by atoms with E-state index in [-0.39, 0.29) is 23.7 Å². The van der Waals surface area contributed by atoms with Gasteiger partial charge < -0.3 is 14.0 Å². The van der Waals surface area contributed by atoms with Crippen molar-refractivity contribution in [2.75, 3.05) is 0 Å². The van der Waals surface area contributed by atoms with Crippen LogP contribution in [0, 0.1) is 6.92 Å². The number of hydrogen-bond acceptors (Lipinski definition) is 6. The van der Waals surface area contributed by atoms with Gasteiger partial charge in [-0.3, -0.25) is 9.59 Å². The number of nitrogens with zero attached hydrogens (tertiary/aromatic N) is 1. The van der Waals surface area contributed by atoms with Gasteiger partial charge in [0, 0.05) is 29.4 Å². The number of aryl methyl sites for hydroxylation is 2. The second-order valence-electron chi connectivity index (χ2n) is 12.8. The van der Waals surface area contributed by atoms with Crippen molar-refractivity contribution >= 4 is 43.4 Å². The van der Waals surface area contributed by atoms with Crippen molar-refractivity contribution < 1.29 is 27.5 Å². The monoisotopic (exact) mass is 722 g/mol. The van der Waals surface area contributed by atoms with Crippen molar-refractivity contribution in [2.45, 2.75) is 44.4 Å². The zero-order valence-corrected chi connectivity index (χ0v) is 30.0. The van der Waals surface area contributed by atoms with Crippen LogP contribution in [-0.4, -0.2) is 24.7 Å². The number of carbonyl (C=O) groups is 2. The highest BCUT2D eigenvalue weighted by atomic mass is 32.2. The summed E-state index contributed by atoms with van der Waals surface area (Å²) in [7, 11) is -4.04. The lowest BCUT2D eigenvalue weighted by atomic mass is 10.00. The van der Waals surface area contributed by atoms with E-state index in [1.165, 1.54) is 6.07 Å². The minimum Gasteiger partial charge on any atom is -0.489 e. The molecule has 0 saturated heterocycles. The van der Waals surface area contributed by atoms with Gasteiger partial charge in [0.2, 0.25) is 5.91 Å². The van der Waals surface area contributed by atoms with Gasteiger partial charge in [0.1, 0.15) is 24.7 Å². The Labute approximate surface area is 308 Å². The van der Waals surface area contributed by atoms with Crippen molar-refractivity contribution in [3.63, 3.8) is 0 Å². The van der Waals surface area contributed by atoms with E-state index in [0.717, 1.165) is 21.9 Å². The quantitative estimate of drug-likeness (QED) is 0.113. The molecule has 1 amide bonds. The van der Waals surface area contributed by atoms with E-state index >= 15 is 0 Å². The predicted molar refractivity (Wildman–Crippen MR) is 207 cm³/mol. The summed E-state index contributed by atoms with van der Waals surface area (Å²) >= 11 is 0. The van der Waals surface area contributed by atoms with Crippen LogP contribution >= 0.6 is 0 Å². The number of amides is 1. The first-order valence-electron chi connectivity index (χ1n) is 17.4. The van der Waals surface area contributed by atoms with Crippen LogP contribution in [-0.2, 0) is 34.6 Å². The van der Waals surface area contributed by atoms with E-state index in [2.05, 4.69) is 4.72 Å². The standard InChI is InChI=1S/C44H38N2O6S/c1-31-13-8-11-20-41(31)53(49,50)45-42(47)21-12-26-46-39-25-24-37(51-29-32-14-4-2-5-15-32)28-38(39)43(44(48)34-17-6-3-7-18-34)40(46)30-52-36-23-22-33-16-9-10-19-35(33)27-36/h2-11,13-20,22-25,27-28H,12,21,26,29-30H2,1H3,(H,45,47). The molecule has 7 aromatic rings. The molecule has 0 bridgehead atoms. The van der Waals surface area contributed by atoms with Gasteiger partial charge in [-0.1, -0.05) is 109 Å². The smallest absolute Gasteiger partial charge is 0.264 e. The van der Waals surface area contributed by atoms with Crippen LogP contribution in [0.3, 0.4) is 0 Å². The summed E-state index contributed by atoms with van der Waals surface area (Å²) in [6.07, 6.45) is 0.239. The van der Waals surface area contributed by atoms with Crippen molar-refractivity contribution in [2.24, 2.45) is 0 Å². The molecule has 1 N–H and O–H groups in total. The third-order valence-electron chi connectivity index (χ3n) is 9.17. The van der Waals surface area contributed by atoms with Gasteiger partial charge in [-0.15, -0.1) is 0 Å². The minimum atomic E-state index is -4.04. The normalized spacial score (nSPS) is 11.4. The summed E-state index contributed by atoms with van der Waals surface area (Å²) in [5.74, 6) is 0.458. The molecule has 7 rings (SSSR count). The maximum atomic E-state index is 14.4. The average molecular weight is 723 g/mol. The molecule has 0 aliphatic carbocycles. The molecule has 0 fully saturated rings. The van der Waals surface area contributed by atoms with Gasteiger partial charge in [0.15, 0.2) is 5.78 Å². The number of fused-ring (bicyclic) bond motifs is 2. The van der Waals surface area contributed by atoms with Gasteiger partial charge in [-0.2, -0.15) is 0 Å². The molecule has 6 aromatic carbocycles. The first-order valence-corrected chi connectivity index (χ1v) is 18.9. The number of ketones is 1. The number of nitrogens with one attached hydrogen (secondary N) is 1. The highest BCUT2D eigenvalue weighted by Gasteiger charge is 2.25. The average Bonchev–Trinajstić information content (AvgIpc) is 3.48. The first kappa shape index (κ1) is 35.2. The Bertz CT molecular complexity index is 2530. The molecule has 0 aliphatic heterocycles. The van der Waals surface area contributed by atoms with Gasteiger partial charge in [0.05, 0.1) is 16.2 Å². The van der Waals surface area contributed by atoms with Crippen molar-refractivity contribution in [3.8, 4) is 11.5 Å². The maximum absolute atomic E-state index is 14.4. The topological polar surface area (TPSA) is 104 Å². The number of carbonyl (C=O) groups excluding carboxylic acids is 2.